The van der Waals surface area contributed by atoms with Gasteiger partial charge in [0, 0.05) is 17.2 Å². The van der Waals surface area contributed by atoms with E-state index in [1.807, 2.05) is 0 Å². The first kappa shape index (κ1) is 16.0. The molecule has 6 heteroatoms. The number of terminal acetylenes is 1. The lowest BCUT2D eigenvalue weighted by Crippen LogP contribution is -2.23. The molecule has 2 aromatic rings. The highest BCUT2D eigenvalue weighted by atomic mass is 35.5. The Balaban J connectivity index is 2.09. The Morgan fingerprint density at radius 2 is 2.00 bits per heavy atom. The smallest absolute Gasteiger partial charge is 0.263 e. The van der Waals surface area contributed by atoms with E-state index in [0.29, 0.717) is 5.56 Å². The van der Waals surface area contributed by atoms with E-state index < -0.39 is 17.5 Å². The van der Waals surface area contributed by atoms with Gasteiger partial charge in [0.1, 0.15) is 24.0 Å². The molecule has 1 amide bonds. The number of carbonyl (C=O) groups is 1. The van der Waals surface area contributed by atoms with E-state index in [0.717, 1.165) is 17.0 Å². The Kier molecular flexibility index (Phi) is 4.00. The Labute approximate surface area is 142 Å². The third-order valence-electron chi connectivity index (χ3n) is 3.55. The summed E-state index contributed by atoms with van der Waals surface area (Å²) >= 11 is 5.92. The fourth-order valence-corrected chi connectivity index (χ4v) is 2.68. The Hall–Kier alpha value is -2.84. The minimum absolute atomic E-state index is 0.0207. The van der Waals surface area contributed by atoms with Gasteiger partial charge in [-0.2, -0.15) is 0 Å². The molecule has 24 heavy (non-hydrogen) atoms. The van der Waals surface area contributed by atoms with Crippen molar-refractivity contribution >= 4 is 28.9 Å². The minimum atomic E-state index is -0.740. The predicted octanol–water partition coefficient (Wildman–Crippen LogP) is 4.26. The molecular weight excluding hydrogens is 336 g/mol. The van der Waals surface area contributed by atoms with Gasteiger partial charge in [0.2, 0.25) is 0 Å². The first-order valence-corrected chi connectivity index (χ1v) is 7.20. The molecule has 1 aliphatic heterocycles. The largest absolute Gasteiger partial charge is 0.479 e. The summed E-state index contributed by atoms with van der Waals surface area (Å²) < 4.78 is 33.0. The summed E-state index contributed by atoms with van der Waals surface area (Å²) in [6.07, 6.45) is 5.13. The van der Waals surface area contributed by atoms with Gasteiger partial charge in [0.15, 0.2) is 0 Å². The van der Waals surface area contributed by atoms with E-state index in [9.17, 15) is 13.6 Å². The zero-order chi connectivity index (χ0) is 17.4. The molecule has 0 saturated heterocycles. The molecule has 0 fully saturated rings. The van der Waals surface area contributed by atoms with Crippen molar-refractivity contribution in [3.05, 3.63) is 64.7 Å². The summed E-state index contributed by atoms with van der Waals surface area (Å²) in [6, 6.07) is 5.96. The summed E-state index contributed by atoms with van der Waals surface area (Å²) in [6.45, 7) is 3.70. The Bertz CT molecular complexity index is 918. The number of carbonyl (C=O) groups excluding carboxylic acids is 1. The molecule has 0 N–H and O–H groups in total. The second-order valence-corrected chi connectivity index (χ2v) is 5.41. The van der Waals surface area contributed by atoms with Gasteiger partial charge in [0.05, 0.1) is 16.4 Å². The van der Waals surface area contributed by atoms with Crippen LogP contribution in [-0.2, 0) is 0 Å². The molecule has 3 nitrogen and oxygen atoms in total. The van der Waals surface area contributed by atoms with Crippen molar-refractivity contribution in [3.8, 4) is 18.1 Å². The summed E-state index contributed by atoms with van der Waals surface area (Å²) in [5.74, 6) is 0.634. The second-order valence-electron chi connectivity index (χ2n) is 5.00. The Morgan fingerprint density at radius 1 is 1.25 bits per heavy atom. The van der Waals surface area contributed by atoms with Crippen LogP contribution in [0.3, 0.4) is 0 Å². The standard InChI is InChI=1S/C18H10ClF2NO2/c1-3-6-24-17-9-16(15(21)8-14(17)19)22-10(2)13-7-11(20)4-5-12(13)18(22)23/h1,4-5,7-9H,2,6H2. The highest BCUT2D eigenvalue weighted by Gasteiger charge is 2.34. The van der Waals surface area contributed by atoms with Crippen LogP contribution in [0.5, 0.6) is 5.75 Å². The van der Waals surface area contributed by atoms with Gasteiger partial charge in [0.25, 0.3) is 5.91 Å². The molecule has 120 valence electrons. The number of amides is 1. The molecule has 2 aromatic carbocycles. The molecule has 0 aliphatic carbocycles. The molecule has 0 bridgehead atoms. The molecule has 1 heterocycles. The SMILES string of the molecule is C#CCOc1cc(N2C(=C)c3cc(F)ccc3C2=O)c(F)cc1Cl. The molecule has 0 unspecified atom stereocenters. The van der Waals surface area contributed by atoms with Crippen molar-refractivity contribution < 1.29 is 18.3 Å². The average Bonchev–Trinajstić information content (AvgIpc) is 2.78. The van der Waals surface area contributed by atoms with Gasteiger partial charge < -0.3 is 4.74 Å². The van der Waals surface area contributed by atoms with Crippen molar-refractivity contribution in [2.45, 2.75) is 0 Å². The van der Waals surface area contributed by atoms with Crippen molar-refractivity contribution in [2.75, 3.05) is 11.5 Å². The van der Waals surface area contributed by atoms with E-state index in [1.165, 1.54) is 18.2 Å². The van der Waals surface area contributed by atoms with Crippen molar-refractivity contribution in [2.24, 2.45) is 0 Å². The summed E-state index contributed by atoms with van der Waals surface area (Å²) in [5, 5.41) is 0.0207. The van der Waals surface area contributed by atoms with E-state index >= 15 is 0 Å². The van der Waals surface area contributed by atoms with Gasteiger partial charge in [-0.3, -0.25) is 9.69 Å². The average molecular weight is 346 g/mol. The van der Waals surface area contributed by atoms with Crippen molar-refractivity contribution in [1.29, 1.82) is 0 Å². The zero-order valence-corrected chi connectivity index (χ0v) is 13.0. The fraction of sp³-hybridized carbons (Fsp3) is 0.0556. The van der Waals surface area contributed by atoms with Crippen LogP contribution >= 0.6 is 11.6 Å². The normalized spacial score (nSPS) is 13.0. The number of nitrogens with zero attached hydrogens (tertiary/aromatic N) is 1. The predicted molar refractivity (Wildman–Crippen MR) is 88.0 cm³/mol. The molecular formula is C18H10ClF2NO2. The first-order valence-electron chi connectivity index (χ1n) is 6.82. The molecule has 3 rings (SSSR count). The lowest BCUT2D eigenvalue weighted by atomic mass is 10.1. The number of benzene rings is 2. The van der Waals surface area contributed by atoms with E-state index in [-0.39, 0.29) is 34.3 Å². The van der Waals surface area contributed by atoms with E-state index in [1.54, 1.807) is 0 Å². The van der Waals surface area contributed by atoms with Crippen LogP contribution in [0.15, 0.2) is 36.9 Å². The quantitative estimate of drug-likeness (QED) is 0.778. The number of hydrogen-bond acceptors (Lipinski definition) is 2. The minimum Gasteiger partial charge on any atom is -0.479 e. The third-order valence-corrected chi connectivity index (χ3v) is 3.84. The topological polar surface area (TPSA) is 29.5 Å². The lowest BCUT2D eigenvalue weighted by Gasteiger charge is -2.19. The molecule has 0 spiro atoms. The van der Waals surface area contributed by atoms with Crippen LogP contribution in [0, 0.1) is 24.0 Å². The maximum Gasteiger partial charge on any atom is 0.263 e. The van der Waals surface area contributed by atoms with Crippen LogP contribution in [0.2, 0.25) is 5.02 Å². The monoisotopic (exact) mass is 345 g/mol. The number of ether oxygens (including phenoxy) is 1. The highest BCUT2D eigenvalue weighted by Crippen LogP contribution is 2.40. The Morgan fingerprint density at radius 3 is 2.71 bits per heavy atom. The maximum absolute atomic E-state index is 14.4. The number of fused-ring (bicyclic) bond motifs is 1. The maximum atomic E-state index is 14.4. The number of hydrogen-bond donors (Lipinski definition) is 0. The number of anilines is 1. The van der Waals surface area contributed by atoms with Crippen LogP contribution in [-0.4, -0.2) is 12.5 Å². The van der Waals surface area contributed by atoms with E-state index in [4.69, 9.17) is 22.8 Å². The van der Waals surface area contributed by atoms with Gasteiger partial charge in [-0.15, -0.1) is 6.42 Å². The molecule has 0 radical (unpaired) electrons. The van der Waals surface area contributed by atoms with Gasteiger partial charge >= 0.3 is 0 Å². The van der Waals surface area contributed by atoms with Gasteiger partial charge in [-0.05, 0) is 24.3 Å². The summed E-state index contributed by atoms with van der Waals surface area (Å²) in [4.78, 5) is 13.6. The molecule has 0 atom stereocenters. The zero-order valence-electron chi connectivity index (χ0n) is 12.3. The van der Waals surface area contributed by atoms with Crippen molar-refractivity contribution in [3.63, 3.8) is 0 Å². The van der Waals surface area contributed by atoms with Crippen LogP contribution in [0.25, 0.3) is 5.70 Å². The number of rotatable bonds is 3. The van der Waals surface area contributed by atoms with Crippen LogP contribution in [0.1, 0.15) is 15.9 Å². The van der Waals surface area contributed by atoms with E-state index in [2.05, 4.69) is 12.5 Å². The van der Waals surface area contributed by atoms with Crippen LogP contribution in [0.4, 0.5) is 14.5 Å². The molecule has 1 aliphatic rings. The summed E-state index contributed by atoms with van der Waals surface area (Å²) in [5.41, 5.74) is 0.610. The fourth-order valence-electron chi connectivity index (χ4n) is 2.48. The molecule has 0 saturated carbocycles. The lowest BCUT2D eigenvalue weighted by molar-refractivity contribution is 0.100. The van der Waals surface area contributed by atoms with Gasteiger partial charge in [-0.1, -0.05) is 24.1 Å². The van der Waals surface area contributed by atoms with Gasteiger partial charge in [-0.25, -0.2) is 8.78 Å². The summed E-state index contributed by atoms with van der Waals surface area (Å²) in [7, 11) is 0. The van der Waals surface area contributed by atoms with Crippen LogP contribution < -0.4 is 9.64 Å². The second kappa shape index (κ2) is 5.99. The third kappa shape index (κ3) is 2.51. The first-order chi connectivity index (χ1) is 11.4. The molecule has 0 aromatic heterocycles. The van der Waals surface area contributed by atoms with Crippen molar-refractivity contribution in [1.82, 2.24) is 0 Å². The number of halogens is 3. The highest BCUT2D eigenvalue weighted by molar-refractivity contribution is 6.32.